The Morgan fingerprint density at radius 3 is 2.67 bits per heavy atom. The monoisotopic (exact) mass is 404 g/mol. The number of imidazole rings is 1. The zero-order valence-electron chi connectivity index (χ0n) is 15.8. The van der Waals surface area contributed by atoms with E-state index in [1.54, 1.807) is 30.1 Å². The molecule has 2 aromatic heterocycles. The van der Waals surface area contributed by atoms with Crippen LogP contribution in [0.4, 0.5) is 0 Å². The van der Waals surface area contributed by atoms with Crippen LogP contribution in [-0.2, 0) is 22.3 Å². The molecule has 27 heavy (non-hydrogen) atoms. The second kappa shape index (κ2) is 8.41. The molecule has 1 aromatic carbocycles. The predicted octanol–water partition coefficient (Wildman–Crippen LogP) is 3.77. The summed E-state index contributed by atoms with van der Waals surface area (Å²) in [6.45, 7) is 3.01. The van der Waals surface area contributed by atoms with Crippen LogP contribution in [0.1, 0.15) is 25.5 Å². The van der Waals surface area contributed by atoms with Crippen LogP contribution < -0.4 is 0 Å². The van der Waals surface area contributed by atoms with Gasteiger partial charge in [0.2, 0.25) is 10.0 Å². The number of rotatable bonds is 8. The van der Waals surface area contributed by atoms with Gasteiger partial charge in [0.25, 0.3) is 0 Å². The molecule has 6 nitrogen and oxygen atoms in total. The fourth-order valence-electron chi connectivity index (χ4n) is 2.72. The van der Waals surface area contributed by atoms with Gasteiger partial charge in [-0.3, -0.25) is 4.98 Å². The molecule has 0 saturated carbocycles. The molecule has 0 atom stereocenters. The minimum Gasteiger partial charge on any atom is -0.319 e. The van der Waals surface area contributed by atoms with Gasteiger partial charge in [0.1, 0.15) is 0 Å². The molecule has 0 radical (unpaired) electrons. The van der Waals surface area contributed by atoms with Gasteiger partial charge in [-0.1, -0.05) is 31.2 Å². The number of benzene rings is 1. The van der Waals surface area contributed by atoms with Crippen LogP contribution in [0, 0.1) is 0 Å². The van der Waals surface area contributed by atoms with Gasteiger partial charge in [-0.15, -0.1) is 0 Å². The maximum Gasteiger partial charge on any atom is 0.242 e. The summed E-state index contributed by atoms with van der Waals surface area (Å²) in [5, 5.41) is 0.892. The lowest BCUT2D eigenvalue weighted by molar-refractivity contribution is 0.521. The number of sulfonamides is 1. The van der Waals surface area contributed by atoms with Crippen LogP contribution in [-0.4, -0.2) is 41.4 Å². The molecule has 0 spiro atoms. The number of aryl methyl sites for hydroxylation is 1. The minimum atomic E-state index is -3.48. The van der Waals surface area contributed by atoms with Gasteiger partial charge in [-0.25, -0.2) is 17.7 Å². The first kappa shape index (κ1) is 19.9. The molecule has 0 aliphatic heterocycles. The molecule has 144 valence electrons. The second-order valence-electron chi connectivity index (χ2n) is 6.45. The number of hydrogen-bond donors (Lipinski definition) is 0. The summed E-state index contributed by atoms with van der Waals surface area (Å²) < 4.78 is 28.3. The van der Waals surface area contributed by atoms with Crippen molar-refractivity contribution < 1.29 is 8.42 Å². The van der Waals surface area contributed by atoms with E-state index in [-0.39, 0.29) is 4.90 Å². The molecule has 0 aliphatic rings. The average molecular weight is 405 g/mol. The van der Waals surface area contributed by atoms with Gasteiger partial charge in [0.05, 0.1) is 21.6 Å². The normalized spacial score (nSPS) is 12.1. The van der Waals surface area contributed by atoms with E-state index in [2.05, 4.69) is 16.5 Å². The van der Waals surface area contributed by atoms with Crippen LogP contribution in [0.15, 0.2) is 52.6 Å². The lowest BCUT2D eigenvalue weighted by Crippen LogP contribution is -2.22. The van der Waals surface area contributed by atoms with Gasteiger partial charge >= 0.3 is 0 Å². The Hall–Kier alpha value is -1.90. The third-order valence-electron chi connectivity index (χ3n) is 4.27. The highest BCUT2D eigenvalue weighted by molar-refractivity contribution is 7.98. The third kappa shape index (κ3) is 4.34. The largest absolute Gasteiger partial charge is 0.319 e. The first-order valence-corrected chi connectivity index (χ1v) is 11.3. The number of fused-ring (bicyclic) bond motifs is 1. The quantitative estimate of drug-likeness (QED) is 0.535. The van der Waals surface area contributed by atoms with Crippen molar-refractivity contribution in [3.8, 4) is 0 Å². The van der Waals surface area contributed by atoms with Crippen LogP contribution >= 0.6 is 11.8 Å². The molecule has 0 aliphatic carbocycles. The lowest BCUT2D eigenvalue weighted by Gasteiger charge is -2.11. The Balaban J connectivity index is 1.98. The summed E-state index contributed by atoms with van der Waals surface area (Å²) in [6.07, 6.45) is 3.91. The highest BCUT2D eigenvalue weighted by Gasteiger charge is 2.20. The molecule has 3 aromatic rings. The van der Waals surface area contributed by atoms with Crippen molar-refractivity contribution in [3.05, 3.63) is 48.3 Å². The Morgan fingerprint density at radius 1 is 1.19 bits per heavy atom. The Labute approximate surface area is 164 Å². The van der Waals surface area contributed by atoms with Crippen molar-refractivity contribution in [1.29, 1.82) is 0 Å². The van der Waals surface area contributed by atoms with Crippen molar-refractivity contribution >= 4 is 32.8 Å². The smallest absolute Gasteiger partial charge is 0.242 e. The van der Waals surface area contributed by atoms with E-state index in [0.717, 1.165) is 41.5 Å². The van der Waals surface area contributed by atoms with Gasteiger partial charge in [0, 0.05) is 32.6 Å². The van der Waals surface area contributed by atoms with Gasteiger partial charge in [-0.05, 0) is 36.8 Å². The second-order valence-corrected chi connectivity index (χ2v) is 9.54. The number of thioether (sulfide) groups is 1. The zero-order chi connectivity index (χ0) is 19.4. The van der Waals surface area contributed by atoms with Crippen LogP contribution in [0.3, 0.4) is 0 Å². The SMILES string of the molecule is CCCCn1c(SCc2ccccn2)nc2cc(S(=O)(=O)N(C)C)ccc21. The summed E-state index contributed by atoms with van der Waals surface area (Å²) in [6, 6.07) is 11.1. The molecule has 2 heterocycles. The van der Waals surface area contributed by atoms with E-state index in [1.807, 2.05) is 24.3 Å². The Kier molecular flexibility index (Phi) is 6.18. The molecule has 8 heteroatoms. The third-order valence-corrected chi connectivity index (χ3v) is 7.09. The number of nitrogens with zero attached hydrogens (tertiary/aromatic N) is 4. The fraction of sp³-hybridized carbons (Fsp3) is 0.368. The van der Waals surface area contributed by atoms with Crippen molar-refractivity contribution in [2.24, 2.45) is 0 Å². The Bertz CT molecular complexity index is 1010. The highest BCUT2D eigenvalue weighted by Crippen LogP contribution is 2.29. The predicted molar refractivity (Wildman–Crippen MR) is 109 cm³/mol. The van der Waals surface area contributed by atoms with E-state index in [0.29, 0.717) is 5.52 Å². The fourth-order valence-corrected chi connectivity index (χ4v) is 4.60. The van der Waals surface area contributed by atoms with Gasteiger partial charge in [-0.2, -0.15) is 0 Å². The van der Waals surface area contributed by atoms with Crippen molar-refractivity contribution in [2.75, 3.05) is 14.1 Å². The van der Waals surface area contributed by atoms with E-state index in [1.165, 1.54) is 18.4 Å². The van der Waals surface area contributed by atoms with Gasteiger partial charge < -0.3 is 4.57 Å². The molecular formula is C19H24N4O2S2. The molecule has 0 fully saturated rings. The maximum atomic E-state index is 12.4. The average Bonchev–Trinajstić information content (AvgIpc) is 3.02. The summed E-state index contributed by atoms with van der Waals surface area (Å²) in [5.74, 6) is 0.721. The van der Waals surface area contributed by atoms with E-state index < -0.39 is 10.0 Å². The number of hydrogen-bond acceptors (Lipinski definition) is 5. The molecule has 3 rings (SSSR count). The Morgan fingerprint density at radius 2 is 2.00 bits per heavy atom. The van der Waals surface area contributed by atoms with Crippen LogP contribution in [0.5, 0.6) is 0 Å². The number of pyridine rings is 1. The molecule has 0 bridgehead atoms. The van der Waals surface area contributed by atoms with E-state index in [9.17, 15) is 8.42 Å². The lowest BCUT2D eigenvalue weighted by atomic mass is 10.3. The van der Waals surface area contributed by atoms with Crippen LogP contribution in [0.25, 0.3) is 11.0 Å². The number of aromatic nitrogens is 3. The molecule has 0 N–H and O–H groups in total. The van der Waals surface area contributed by atoms with Crippen molar-refractivity contribution in [1.82, 2.24) is 18.8 Å². The number of unbranched alkanes of at least 4 members (excludes halogenated alkanes) is 1. The van der Waals surface area contributed by atoms with Crippen LogP contribution in [0.2, 0.25) is 0 Å². The summed E-state index contributed by atoms with van der Waals surface area (Å²) in [5.41, 5.74) is 2.66. The first-order chi connectivity index (χ1) is 12.9. The summed E-state index contributed by atoms with van der Waals surface area (Å²) in [4.78, 5) is 9.36. The molecule has 0 saturated heterocycles. The summed E-state index contributed by atoms with van der Waals surface area (Å²) >= 11 is 1.63. The van der Waals surface area contributed by atoms with E-state index >= 15 is 0 Å². The minimum absolute atomic E-state index is 0.265. The molecule has 0 amide bonds. The van der Waals surface area contributed by atoms with Crippen molar-refractivity contribution in [2.45, 2.75) is 42.1 Å². The highest BCUT2D eigenvalue weighted by atomic mass is 32.2. The topological polar surface area (TPSA) is 68.1 Å². The first-order valence-electron chi connectivity index (χ1n) is 8.89. The van der Waals surface area contributed by atoms with E-state index in [4.69, 9.17) is 4.98 Å². The zero-order valence-corrected chi connectivity index (χ0v) is 17.4. The molecule has 0 unspecified atom stereocenters. The van der Waals surface area contributed by atoms with Gasteiger partial charge in [0.15, 0.2) is 5.16 Å². The maximum absolute atomic E-state index is 12.4. The standard InChI is InChI=1S/C19H24N4O2S2/c1-4-5-12-23-18-10-9-16(27(24,25)22(2)3)13-17(18)21-19(23)26-14-15-8-6-7-11-20-15/h6-11,13H,4-5,12,14H2,1-3H3. The molecular weight excluding hydrogens is 380 g/mol. The van der Waals surface area contributed by atoms with Crippen molar-refractivity contribution in [3.63, 3.8) is 0 Å². The summed E-state index contributed by atoms with van der Waals surface area (Å²) in [7, 11) is -0.406.